The molecule has 0 bridgehead atoms. The Kier molecular flexibility index (Phi) is 5.51. The van der Waals surface area contributed by atoms with Crippen LogP contribution in [0.2, 0.25) is 0 Å². The summed E-state index contributed by atoms with van der Waals surface area (Å²) in [6, 6.07) is 11.4. The molecule has 1 aliphatic rings. The Bertz CT molecular complexity index is 737. The highest BCUT2D eigenvalue weighted by Gasteiger charge is 2.16. The molecule has 1 aliphatic heterocycles. The summed E-state index contributed by atoms with van der Waals surface area (Å²) in [5, 5.41) is 6.21. The van der Waals surface area contributed by atoms with E-state index in [9.17, 15) is 9.70 Å². The van der Waals surface area contributed by atoms with Gasteiger partial charge in [-0.3, -0.25) is 4.79 Å². The molecule has 0 spiro atoms. The van der Waals surface area contributed by atoms with E-state index in [-0.39, 0.29) is 17.4 Å². The molecule has 2 aromatic rings. The molecule has 126 valence electrons. The predicted octanol–water partition coefficient (Wildman–Crippen LogP) is 2.56. The van der Waals surface area contributed by atoms with Gasteiger partial charge in [-0.1, -0.05) is 30.3 Å². The van der Waals surface area contributed by atoms with Gasteiger partial charge < -0.3 is 14.6 Å². The molecule has 1 aromatic heterocycles. The molecule has 1 unspecified atom stereocenters. The van der Waals surface area contributed by atoms with Crippen LogP contribution in [0, 0.1) is 4.91 Å². The van der Waals surface area contributed by atoms with Gasteiger partial charge in [-0.05, 0) is 29.6 Å². The number of aromatic nitrogens is 1. The summed E-state index contributed by atoms with van der Waals surface area (Å²) in [5.41, 5.74) is 1.25. The Morgan fingerprint density at radius 1 is 1.25 bits per heavy atom. The summed E-state index contributed by atoms with van der Waals surface area (Å²) in [6.45, 7) is 2.38. The number of hydrogen-bond donors (Lipinski definition) is 1. The van der Waals surface area contributed by atoms with Crippen molar-refractivity contribution in [2.45, 2.75) is 32.0 Å². The molecule has 0 aliphatic carbocycles. The Labute approximate surface area is 140 Å². The SMILES string of the molecule is O=Nc1c(CNCC2CCCO2)ccn(Cc2ccccc2)c1=O. The van der Waals surface area contributed by atoms with Crippen LogP contribution in [-0.4, -0.2) is 23.8 Å². The second-order valence-electron chi connectivity index (χ2n) is 5.97. The Hall–Kier alpha value is -2.31. The molecular formula is C18H21N3O3. The van der Waals surface area contributed by atoms with Gasteiger partial charge in [-0.15, -0.1) is 4.91 Å². The van der Waals surface area contributed by atoms with Crippen molar-refractivity contribution in [2.75, 3.05) is 13.2 Å². The van der Waals surface area contributed by atoms with Crippen molar-refractivity contribution in [2.24, 2.45) is 5.18 Å². The summed E-state index contributed by atoms with van der Waals surface area (Å²) >= 11 is 0. The number of nitrogens with zero attached hydrogens (tertiary/aromatic N) is 2. The number of rotatable bonds is 7. The molecule has 0 amide bonds. The summed E-state index contributed by atoms with van der Waals surface area (Å²) in [5.74, 6) is 0. The van der Waals surface area contributed by atoms with Crippen LogP contribution in [0.1, 0.15) is 24.0 Å². The van der Waals surface area contributed by atoms with Gasteiger partial charge >= 0.3 is 0 Å². The lowest BCUT2D eigenvalue weighted by Crippen LogP contribution is -2.27. The fraction of sp³-hybridized carbons (Fsp3) is 0.389. The minimum atomic E-state index is -0.356. The predicted molar refractivity (Wildman–Crippen MR) is 92.4 cm³/mol. The molecule has 6 heteroatoms. The van der Waals surface area contributed by atoms with E-state index >= 15 is 0 Å². The minimum Gasteiger partial charge on any atom is -0.377 e. The van der Waals surface area contributed by atoms with Gasteiger partial charge in [0.15, 0.2) is 5.69 Å². The van der Waals surface area contributed by atoms with Crippen LogP contribution in [0.5, 0.6) is 0 Å². The Morgan fingerprint density at radius 3 is 2.79 bits per heavy atom. The van der Waals surface area contributed by atoms with Gasteiger partial charge in [0, 0.05) is 31.5 Å². The van der Waals surface area contributed by atoms with E-state index in [1.54, 1.807) is 12.3 Å². The lowest BCUT2D eigenvalue weighted by Gasteiger charge is -2.12. The van der Waals surface area contributed by atoms with Crippen LogP contribution in [0.4, 0.5) is 5.69 Å². The highest BCUT2D eigenvalue weighted by molar-refractivity contribution is 5.43. The second kappa shape index (κ2) is 7.99. The molecule has 1 fully saturated rings. The van der Waals surface area contributed by atoms with E-state index in [2.05, 4.69) is 10.5 Å². The average Bonchev–Trinajstić information content (AvgIpc) is 3.12. The lowest BCUT2D eigenvalue weighted by atomic mass is 10.2. The fourth-order valence-electron chi connectivity index (χ4n) is 2.92. The van der Waals surface area contributed by atoms with E-state index in [0.717, 1.165) is 25.0 Å². The smallest absolute Gasteiger partial charge is 0.280 e. The third-order valence-corrected chi connectivity index (χ3v) is 4.22. The molecule has 1 aromatic carbocycles. The highest BCUT2D eigenvalue weighted by atomic mass is 16.5. The zero-order valence-corrected chi connectivity index (χ0v) is 13.5. The van der Waals surface area contributed by atoms with E-state index in [4.69, 9.17) is 4.74 Å². The summed E-state index contributed by atoms with van der Waals surface area (Å²) < 4.78 is 7.05. The normalized spacial score (nSPS) is 17.1. The van der Waals surface area contributed by atoms with Gasteiger partial charge in [0.1, 0.15) is 0 Å². The third-order valence-electron chi connectivity index (χ3n) is 4.22. The average molecular weight is 327 g/mol. The first-order valence-corrected chi connectivity index (χ1v) is 8.20. The first kappa shape index (κ1) is 16.5. The monoisotopic (exact) mass is 327 g/mol. The van der Waals surface area contributed by atoms with Crippen molar-refractivity contribution in [3.05, 3.63) is 69.0 Å². The maximum atomic E-state index is 12.5. The Morgan fingerprint density at radius 2 is 2.08 bits per heavy atom. The summed E-state index contributed by atoms with van der Waals surface area (Å²) in [4.78, 5) is 23.6. The standard InChI is InChI=1S/C18H21N3O3/c22-18-17(20-23)15(11-19-12-16-7-4-10-24-16)8-9-21(18)13-14-5-2-1-3-6-14/h1-3,5-6,8-9,16,19H,4,7,10-13H2. The Balaban J connectivity index is 1.70. The molecule has 0 saturated carbocycles. The van der Waals surface area contributed by atoms with Crippen LogP contribution in [0.3, 0.4) is 0 Å². The lowest BCUT2D eigenvalue weighted by molar-refractivity contribution is 0.110. The molecule has 3 rings (SSSR count). The van der Waals surface area contributed by atoms with Gasteiger partial charge in [-0.2, -0.15) is 0 Å². The maximum absolute atomic E-state index is 12.5. The van der Waals surface area contributed by atoms with Crippen molar-refractivity contribution < 1.29 is 4.74 Å². The quantitative estimate of drug-likeness (QED) is 0.793. The molecule has 0 radical (unpaired) electrons. The van der Waals surface area contributed by atoms with Gasteiger partial charge in [0.2, 0.25) is 0 Å². The largest absolute Gasteiger partial charge is 0.377 e. The fourth-order valence-corrected chi connectivity index (χ4v) is 2.92. The second-order valence-corrected chi connectivity index (χ2v) is 5.97. The van der Waals surface area contributed by atoms with Crippen molar-refractivity contribution >= 4 is 5.69 Å². The third kappa shape index (κ3) is 3.96. The zero-order valence-electron chi connectivity index (χ0n) is 13.5. The van der Waals surface area contributed by atoms with Crippen LogP contribution >= 0.6 is 0 Å². The van der Waals surface area contributed by atoms with E-state index in [1.807, 2.05) is 30.3 Å². The molecule has 1 N–H and O–H groups in total. The van der Waals surface area contributed by atoms with Gasteiger partial charge in [0.05, 0.1) is 12.6 Å². The van der Waals surface area contributed by atoms with Gasteiger partial charge in [-0.25, -0.2) is 0 Å². The van der Waals surface area contributed by atoms with E-state index in [1.165, 1.54) is 4.57 Å². The van der Waals surface area contributed by atoms with Crippen LogP contribution in [0.15, 0.2) is 52.6 Å². The molecule has 6 nitrogen and oxygen atoms in total. The number of hydrogen-bond acceptors (Lipinski definition) is 5. The molecule has 1 atom stereocenters. The zero-order chi connectivity index (χ0) is 16.8. The highest BCUT2D eigenvalue weighted by Crippen LogP contribution is 2.15. The van der Waals surface area contributed by atoms with Crippen molar-refractivity contribution in [3.63, 3.8) is 0 Å². The van der Waals surface area contributed by atoms with Crippen molar-refractivity contribution in [1.29, 1.82) is 0 Å². The van der Waals surface area contributed by atoms with Crippen molar-refractivity contribution in [1.82, 2.24) is 9.88 Å². The number of pyridine rings is 1. The van der Waals surface area contributed by atoms with E-state index in [0.29, 0.717) is 25.2 Å². The molecule has 2 heterocycles. The number of ether oxygens (including phenoxy) is 1. The van der Waals surface area contributed by atoms with E-state index < -0.39 is 0 Å². The molecule has 24 heavy (non-hydrogen) atoms. The van der Waals surface area contributed by atoms with Crippen LogP contribution < -0.4 is 10.9 Å². The topological polar surface area (TPSA) is 72.7 Å². The minimum absolute atomic E-state index is 0.0201. The number of nitroso groups, excluding NO2 is 1. The maximum Gasteiger partial charge on any atom is 0.280 e. The number of benzene rings is 1. The van der Waals surface area contributed by atoms with Crippen molar-refractivity contribution in [3.8, 4) is 0 Å². The summed E-state index contributed by atoms with van der Waals surface area (Å²) in [7, 11) is 0. The first-order valence-electron chi connectivity index (χ1n) is 8.20. The van der Waals surface area contributed by atoms with Crippen LogP contribution in [-0.2, 0) is 17.8 Å². The van der Waals surface area contributed by atoms with Gasteiger partial charge in [0.25, 0.3) is 5.56 Å². The van der Waals surface area contributed by atoms with Crippen LogP contribution in [0.25, 0.3) is 0 Å². The molecule has 1 saturated heterocycles. The first-order chi connectivity index (χ1) is 11.8. The number of nitrogens with one attached hydrogen (secondary N) is 1. The summed E-state index contributed by atoms with van der Waals surface area (Å²) in [6.07, 6.45) is 4.07. The molecular weight excluding hydrogens is 306 g/mol.